The van der Waals surface area contributed by atoms with E-state index in [1.165, 1.54) is 12.1 Å². The molecule has 2 N–H and O–H groups in total. The van der Waals surface area contributed by atoms with E-state index in [-0.39, 0.29) is 17.3 Å². The Bertz CT molecular complexity index is 773. The van der Waals surface area contributed by atoms with Gasteiger partial charge >= 0.3 is 0 Å². The molecule has 0 saturated heterocycles. The second-order valence-corrected chi connectivity index (χ2v) is 6.58. The highest BCUT2D eigenvalue weighted by Gasteiger charge is 2.22. The van der Waals surface area contributed by atoms with Crippen molar-refractivity contribution in [2.75, 3.05) is 7.11 Å². The summed E-state index contributed by atoms with van der Waals surface area (Å²) < 4.78 is 5.35. The van der Waals surface area contributed by atoms with Crippen molar-refractivity contribution in [2.24, 2.45) is 0 Å². The van der Waals surface area contributed by atoms with Gasteiger partial charge in [0.25, 0.3) is 0 Å². The number of methoxy groups -OCH3 is 1. The molecule has 0 bridgehead atoms. The van der Waals surface area contributed by atoms with E-state index in [1.54, 1.807) is 31.4 Å². The number of carbonyl (C=O) groups excluding carboxylic acids is 1. The molecular formula is C21H24O4. The van der Waals surface area contributed by atoms with Gasteiger partial charge in [0, 0.05) is 29.0 Å². The van der Waals surface area contributed by atoms with Crippen LogP contribution in [0.15, 0.2) is 49.1 Å². The standard InChI is InChI=1S/C21H24O4/c1-5-21(2,3)17-12-15(20(25-4)13-19(17)24)8-11-18(23)14-6-9-16(22)10-7-14/h5-7,9-10,12-13,22,24H,1,8,11H2,2-4H3. The summed E-state index contributed by atoms with van der Waals surface area (Å²) in [7, 11) is 1.54. The van der Waals surface area contributed by atoms with Gasteiger partial charge in [0.05, 0.1) is 7.11 Å². The number of phenols is 2. The fraction of sp³-hybridized carbons (Fsp3) is 0.286. The van der Waals surface area contributed by atoms with Crippen molar-refractivity contribution in [3.8, 4) is 17.2 Å². The molecule has 25 heavy (non-hydrogen) atoms. The predicted molar refractivity (Wildman–Crippen MR) is 98.6 cm³/mol. The van der Waals surface area contributed by atoms with Crippen LogP contribution in [-0.4, -0.2) is 23.1 Å². The van der Waals surface area contributed by atoms with Crippen LogP contribution in [0.2, 0.25) is 0 Å². The van der Waals surface area contributed by atoms with Crippen LogP contribution < -0.4 is 4.74 Å². The number of carbonyl (C=O) groups is 1. The van der Waals surface area contributed by atoms with Gasteiger partial charge in [0.1, 0.15) is 17.2 Å². The number of aromatic hydroxyl groups is 2. The van der Waals surface area contributed by atoms with Crippen LogP contribution in [-0.2, 0) is 11.8 Å². The molecule has 0 radical (unpaired) electrons. The van der Waals surface area contributed by atoms with Gasteiger partial charge in [0.15, 0.2) is 5.78 Å². The minimum Gasteiger partial charge on any atom is -0.508 e. The minimum absolute atomic E-state index is 0.0142. The van der Waals surface area contributed by atoms with Crippen LogP contribution in [0.3, 0.4) is 0 Å². The Labute approximate surface area is 148 Å². The third-order valence-electron chi connectivity index (χ3n) is 4.41. The molecular weight excluding hydrogens is 316 g/mol. The number of aryl methyl sites for hydroxylation is 1. The molecule has 0 aliphatic rings. The van der Waals surface area contributed by atoms with Gasteiger partial charge < -0.3 is 14.9 Å². The summed E-state index contributed by atoms with van der Waals surface area (Å²) >= 11 is 0. The number of ether oxygens (including phenoxy) is 1. The van der Waals surface area contributed by atoms with E-state index in [9.17, 15) is 15.0 Å². The number of ketones is 1. The van der Waals surface area contributed by atoms with Crippen molar-refractivity contribution in [3.63, 3.8) is 0 Å². The lowest BCUT2D eigenvalue weighted by Crippen LogP contribution is -2.14. The average molecular weight is 340 g/mol. The van der Waals surface area contributed by atoms with E-state index < -0.39 is 5.41 Å². The molecule has 0 amide bonds. The molecule has 0 spiro atoms. The van der Waals surface area contributed by atoms with E-state index in [2.05, 4.69) is 6.58 Å². The molecule has 0 saturated carbocycles. The SMILES string of the molecule is C=CC(C)(C)c1cc(CCC(=O)c2ccc(O)cc2)c(OC)cc1O. The molecule has 4 nitrogen and oxygen atoms in total. The first-order valence-corrected chi connectivity index (χ1v) is 8.14. The van der Waals surface area contributed by atoms with Crippen molar-refractivity contribution < 1.29 is 19.7 Å². The lowest BCUT2D eigenvalue weighted by Gasteiger charge is -2.23. The maximum Gasteiger partial charge on any atom is 0.163 e. The second kappa shape index (κ2) is 7.43. The first-order valence-electron chi connectivity index (χ1n) is 8.14. The summed E-state index contributed by atoms with van der Waals surface area (Å²) in [5, 5.41) is 19.6. The molecule has 0 aromatic heterocycles. The first kappa shape index (κ1) is 18.6. The molecule has 2 rings (SSSR count). The zero-order valence-corrected chi connectivity index (χ0v) is 14.9. The predicted octanol–water partition coefficient (Wildman–Crippen LogP) is 4.39. The summed E-state index contributed by atoms with van der Waals surface area (Å²) in [4.78, 5) is 12.3. The molecule has 0 atom stereocenters. The van der Waals surface area contributed by atoms with Gasteiger partial charge in [-0.15, -0.1) is 6.58 Å². The van der Waals surface area contributed by atoms with E-state index in [1.807, 2.05) is 19.9 Å². The van der Waals surface area contributed by atoms with Crippen molar-refractivity contribution >= 4 is 5.78 Å². The summed E-state index contributed by atoms with van der Waals surface area (Å²) in [6.07, 6.45) is 2.57. The van der Waals surface area contributed by atoms with Gasteiger partial charge in [-0.25, -0.2) is 0 Å². The second-order valence-electron chi connectivity index (χ2n) is 6.58. The monoisotopic (exact) mass is 340 g/mol. The lowest BCUT2D eigenvalue weighted by atomic mass is 9.82. The molecule has 0 aliphatic heterocycles. The number of hydrogen-bond acceptors (Lipinski definition) is 4. The number of benzene rings is 2. The van der Waals surface area contributed by atoms with Gasteiger partial charge in [-0.3, -0.25) is 4.79 Å². The van der Waals surface area contributed by atoms with E-state index >= 15 is 0 Å². The first-order chi connectivity index (χ1) is 11.8. The van der Waals surface area contributed by atoms with E-state index in [0.29, 0.717) is 24.2 Å². The maximum atomic E-state index is 12.3. The Morgan fingerprint density at radius 2 is 1.84 bits per heavy atom. The molecule has 0 fully saturated rings. The Morgan fingerprint density at radius 1 is 1.20 bits per heavy atom. The molecule has 2 aromatic rings. The zero-order chi connectivity index (χ0) is 18.6. The minimum atomic E-state index is -0.397. The Balaban J connectivity index is 2.26. The van der Waals surface area contributed by atoms with Gasteiger partial charge in [-0.1, -0.05) is 19.9 Å². The number of rotatable bonds is 7. The summed E-state index contributed by atoms with van der Waals surface area (Å²) in [6.45, 7) is 7.76. The lowest BCUT2D eigenvalue weighted by molar-refractivity contribution is 0.0982. The van der Waals surface area contributed by atoms with Crippen molar-refractivity contribution in [3.05, 3.63) is 65.7 Å². The largest absolute Gasteiger partial charge is 0.508 e. The Kier molecular flexibility index (Phi) is 5.52. The number of phenolic OH excluding ortho intramolecular Hbond substituents is 2. The third-order valence-corrected chi connectivity index (χ3v) is 4.41. The summed E-state index contributed by atoms with van der Waals surface area (Å²) in [6, 6.07) is 9.68. The highest BCUT2D eigenvalue weighted by atomic mass is 16.5. The fourth-order valence-electron chi connectivity index (χ4n) is 2.67. The number of hydrogen-bond donors (Lipinski definition) is 2. The van der Waals surface area contributed by atoms with Crippen molar-refractivity contribution in [1.29, 1.82) is 0 Å². The fourth-order valence-corrected chi connectivity index (χ4v) is 2.67. The number of Topliss-reactive ketones (excluding diaryl/α,β-unsaturated/α-hetero) is 1. The normalized spacial score (nSPS) is 11.2. The summed E-state index contributed by atoms with van der Waals surface area (Å²) in [5.41, 5.74) is 1.77. The highest BCUT2D eigenvalue weighted by Crippen LogP contribution is 2.37. The molecule has 132 valence electrons. The van der Waals surface area contributed by atoms with Crippen LogP contribution in [0, 0.1) is 0 Å². The quantitative estimate of drug-likeness (QED) is 0.579. The smallest absolute Gasteiger partial charge is 0.163 e. The van der Waals surface area contributed by atoms with Crippen LogP contribution in [0.4, 0.5) is 0 Å². The highest BCUT2D eigenvalue weighted by molar-refractivity contribution is 5.96. The van der Waals surface area contributed by atoms with Gasteiger partial charge in [-0.05, 0) is 42.3 Å². The van der Waals surface area contributed by atoms with Crippen molar-refractivity contribution in [2.45, 2.75) is 32.1 Å². The molecule has 0 aliphatic carbocycles. The van der Waals surface area contributed by atoms with Gasteiger partial charge in [0.2, 0.25) is 0 Å². The van der Waals surface area contributed by atoms with Gasteiger partial charge in [-0.2, -0.15) is 0 Å². The van der Waals surface area contributed by atoms with Crippen molar-refractivity contribution in [1.82, 2.24) is 0 Å². The Morgan fingerprint density at radius 3 is 2.40 bits per heavy atom. The maximum absolute atomic E-state index is 12.3. The molecule has 0 unspecified atom stereocenters. The molecule has 4 heteroatoms. The van der Waals surface area contributed by atoms with E-state index in [4.69, 9.17) is 4.74 Å². The molecule has 0 heterocycles. The topological polar surface area (TPSA) is 66.8 Å². The molecule has 2 aromatic carbocycles. The van der Waals surface area contributed by atoms with Crippen LogP contribution >= 0.6 is 0 Å². The zero-order valence-electron chi connectivity index (χ0n) is 14.9. The van der Waals surface area contributed by atoms with Crippen LogP contribution in [0.5, 0.6) is 17.2 Å². The third kappa shape index (κ3) is 4.21. The van der Waals surface area contributed by atoms with E-state index in [0.717, 1.165) is 11.1 Å². The van der Waals surface area contributed by atoms with Crippen LogP contribution in [0.25, 0.3) is 0 Å². The summed E-state index contributed by atoms with van der Waals surface area (Å²) in [5.74, 6) is 0.822. The van der Waals surface area contributed by atoms with Crippen LogP contribution in [0.1, 0.15) is 41.8 Å². The average Bonchev–Trinajstić information content (AvgIpc) is 2.60. The number of allylic oxidation sites excluding steroid dienone is 1. The Hall–Kier alpha value is -2.75.